The van der Waals surface area contributed by atoms with Gasteiger partial charge in [-0.3, -0.25) is 0 Å². The van der Waals surface area contributed by atoms with Gasteiger partial charge in [0.2, 0.25) is 0 Å². The lowest BCUT2D eigenvalue weighted by Gasteiger charge is -2.20. The van der Waals surface area contributed by atoms with Crippen LogP contribution in [0.15, 0.2) is 18.3 Å². The first-order chi connectivity index (χ1) is 7.25. The molecule has 0 amide bonds. The van der Waals surface area contributed by atoms with E-state index in [-0.39, 0.29) is 0 Å². The first kappa shape index (κ1) is 10.7. The number of aromatic nitrogens is 1. The molecule has 1 aromatic heterocycles. The molecule has 1 saturated heterocycles. The molecule has 1 N–H and O–H groups in total. The molecule has 0 aromatic carbocycles. The highest BCUT2D eigenvalue weighted by Crippen LogP contribution is 2.21. The summed E-state index contributed by atoms with van der Waals surface area (Å²) in [7, 11) is 0. The highest BCUT2D eigenvalue weighted by atomic mass is 35.5. The summed E-state index contributed by atoms with van der Waals surface area (Å²) in [5, 5.41) is 3.94. The molecule has 2 heterocycles. The lowest BCUT2D eigenvalue weighted by Crippen LogP contribution is -2.26. The summed E-state index contributed by atoms with van der Waals surface area (Å²) < 4.78 is 5.36. The van der Waals surface area contributed by atoms with E-state index in [0.29, 0.717) is 17.1 Å². The molecule has 2 unspecified atom stereocenters. The largest absolute Gasteiger partial charge is 0.382 e. The second-order valence-corrected chi connectivity index (χ2v) is 4.31. The fraction of sp³-hybridized carbons (Fsp3) is 0.545. The van der Waals surface area contributed by atoms with Crippen molar-refractivity contribution in [2.45, 2.75) is 19.4 Å². The third-order valence-corrected chi connectivity index (χ3v) is 3.00. The maximum Gasteiger partial charge on any atom is 0.131 e. The molecule has 0 spiro atoms. The smallest absolute Gasteiger partial charge is 0.131 e. The number of anilines is 1. The van der Waals surface area contributed by atoms with Crippen molar-refractivity contribution in [1.29, 1.82) is 0 Å². The van der Waals surface area contributed by atoms with Crippen molar-refractivity contribution in [3.63, 3.8) is 0 Å². The van der Waals surface area contributed by atoms with Crippen LogP contribution in [0.4, 0.5) is 5.69 Å². The number of hydrogen-bond acceptors (Lipinski definition) is 3. The Morgan fingerprint density at radius 1 is 1.67 bits per heavy atom. The molecule has 3 nitrogen and oxygen atoms in total. The van der Waals surface area contributed by atoms with Crippen LogP contribution in [0.1, 0.15) is 13.3 Å². The van der Waals surface area contributed by atoms with E-state index < -0.39 is 0 Å². The highest BCUT2D eigenvalue weighted by Gasteiger charge is 2.21. The van der Waals surface area contributed by atoms with Gasteiger partial charge < -0.3 is 10.1 Å². The zero-order chi connectivity index (χ0) is 10.7. The molecule has 15 heavy (non-hydrogen) atoms. The molecule has 4 heteroatoms. The fourth-order valence-electron chi connectivity index (χ4n) is 1.82. The maximum absolute atomic E-state index is 5.81. The number of rotatable bonds is 3. The average molecular weight is 227 g/mol. The van der Waals surface area contributed by atoms with Crippen molar-refractivity contribution in [1.82, 2.24) is 4.98 Å². The van der Waals surface area contributed by atoms with Gasteiger partial charge in [-0.25, -0.2) is 4.98 Å². The molecule has 82 valence electrons. The van der Waals surface area contributed by atoms with Gasteiger partial charge >= 0.3 is 0 Å². The van der Waals surface area contributed by atoms with E-state index in [2.05, 4.69) is 17.2 Å². The Bertz CT molecular complexity index is 326. The lowest BCUT2D eigenvalue weighted by molar-refractivity contribution is 0.183. The zero-order valence-corrected chi connectivity index (χ0v) is 9.50. The van der Waals surface area contributed by atoms with Crippen LogP contribution in [0.5, 0.6) is 0 Å². The predicted octanol–water partition coefficient (Wildman–Crippen LogP) is 2.57. The summed E-state index contributed by atoms with van der Waals surface area (Å²) in [5.41, 5.74) is 1.02. The van der Waals surface area contributed by atoms with Crippen LogP contribution in [-0.4, -0.2) is 24.2 Å². The number of hydrogen-bond donors (Lipinski definition) is 1. The summed E-state index contributed by atoms with van der Waals surface area (Å²) in [6, 6.07) is 4.18. The van der Waals surface area contributed by atoms with Crippen molar-refractivity contribution < 1.29 is 4.74 Å². The third-order valence-electron chi connectivity index (χ3n) is 2.79. The molecule has 1 fully saturated rings. The molecule has 0 saturated carbocycles. The van der Waals surface area contributed by atoms with Gasteiger partial charge in [0.1, 0.15) is 5.15 Å². The summed E-state index contributed by atoms with van der Waals surface area (Å²) in [4.78, 5) is 3.95. The Labute approximate surface area is 94.8 Å². The monoisotopic (exact) mass is 226 g/mol. The van der Waals surface area contributed by atoms with Crippen molar-refractivity contribution in [3.05, 3.63) is 23.5 Å². The second-order valence-electron chi connectivity index (χ2n) is 3.92. The molecule has 2 atom stereocenters. The molecule has 1 aromatic rings. The minimum atomic E-state index is 0.408. The first-order valence-corrected chi connectivity index (χ1v) is 5.59. The van der Waals surface area contributed by atoms with Gasteiger partial charge in [-0.05, 0) is 25.5 Å². The summed E-state index contributed by atoms with van der Waals surface area (Å²) in [5.74, 6) is 0.594. The van der Waals surface area contributed by atoms with Gasteiger partial charge in [0.25, 0.3) is 0 Å². The van der Waals surface area contributed by atoms with Crippen molar-refractivity contribution in [2.24, 2.45) is 5.92 Å². The average Bonchev–Trinajstić information content (AvgIpc) is 2.70. The van der Waals surface area contributed by atoms with Crippen LogP contribution in [-0.2, 0) is 4.74 Å². The van der Waals surface area contributed by atoms with E-state index >= 15 is 0 Å². The van der Waals surface area contributed by atoms with Gasteiger partial charge in [0.15, 0.2) is 0 Å². The van der Waals surface area contributed by atoms with E-state index in [1.807, 2.05) is 12.1 Å². The molecule has 2 rings (SSSR count). The standard InChI is InChI=1S/C11H15ClN2O/c1-8(9-3-5-15-7-9)14-10-2-4-13-11(12)6-10/h2,4,6,8-9H,3,5,7H2,1H3,(H,13,14). The zero-order valence-electron chi connectivity index (χ0n) is 8.74. The second kappa shape index (κ2) is 4.81. The van der Waals surface area contributed by atoms with Gasteiger partial charge in [-0.15, -0.1) is 0 Å². The van der Waals surface area contributed by atoms with Crippen LogP contribution < -0.4 is 5.32 Å². The van der Waals surface area contributed by atoms with Gasteiger partial charge in [0.05, 0.1) is 6.61 Å². The third kappa shape index (κ3) is 2.83. The molecular formula is C11H15ClN2O. The van der Waals surface area contributed by atoms with Crippen molar-refractivity contribution in [2.75, 3.05) is 18.5 Å². The van der Waals surface area contributed by atoms with Gasteiger partial charge in [-0.2, -0.15) is 0 Å². The van der Waals surface area contributed by atoms with Gasteiger partial charge in [-0.1, -0.05) is 11.6 Å². The van der Waals surface area contributed by atoms with Crippen molar-refractivity contribution in [3.8, 4) is 0 Å². The number of pyridine rings is 1. The number of ether oxygens (including phenoxy) is 1. The summed E-state index contributed by atoms with van der Waals surface area (Å²) >= 11 is 5.81. The van der Waals surface area contributed by atoms with E-state index in [9.17, 15) is 0 Å². The molecule has 1 aliphatic rings. The molecular weight excluding hydrogens is 212 g/mol. The maximum atomic E-state index is 5.81. The minimum absolute atomic E-state index is 0.408. The first-order valence-electron chi connectivity index (χ1n) is 5.21. The van der Waals surface area contributed by atoms with Gasteiger partial charge in [0, 0.05) is 30.5 Å². The fourth-order valence-corrected chi connectivity index (χ4v) is 1.99. The Kier molecular flexibility index (Phi) is 3.44. The van der Waals surface area contributed by atoms with Crippen molar-refractivity contribution >= 4 is 17.3 Å². The molecule has 0 bridgehead atoms. The predicted molar refractivity (Wildman–Crippen MR) is 61.3 cm³/mol. The quantitative estimate of drug-likeness (QED) is 0.805. The number of halogens is 1. The Morgan fingerprint density at radius 3 is 3.20 bits per heavy atom. The Morgan fingerprint density at radius 2 is 2.53 bits per heavy atom. The van der Waals surface area contributed by atoms with Crippen LogP contribution in [0, 0.1) is 5.92 Å². The van der Waals surface area contributed by atoms with E-state index in [1.165, 1.54) is 0 Å². The minimum Gasteiger partial charge on any atom is -0.382 e. The number of nitrogens with zero attached hydrogens (tertiary/aromatic N) is 1. The normalized spacial score (nSPS) is 22.7. The Hall–Kier alpha value is -0.800. The van der Waals surface area contributed by atoms with Crippen LogP contribution >= 0.6 is 11.6 Å². The SMILES string of the molecule is CC(Nc1ccnc(Cl)c1)C1CCOC1. The topological polar surface area (TPSA) is 34.2 Å². The van der Waals surface area contributed by atoms with Crippen LogP contribution in [0.25, 0.3) is 0 Å². The lowest BCUT2D eigenvalue weighted by atomic mass is 10.0. The molecule has 1 aliphatic heterocycles. The Balaban J connectivity index is 1.95. The van der Waals surface area contributed by atoms with E-state index in [0.717, 1.165) is 25.3 Å². The highest BCUT2D eigenvalue weighted by molar-refractivity contribution is 6.29. The van der Waals surface area contributed by atoms with Crippen LogP contribution in [0.2, 0.25) is 5.15 Å². The summed E-state index contributed by atoms with van der Waals surface area (Å²) in [6.07, 6.45) is 2.84. The van der Waals surface area contributed by atoms with Crippen LogP contribution in [0.3, 0.4) is 0 Å². The van der Waals surface area contributed by atoms with E-state index in [4.69, 9.17) is 16.3 Å². The van der Waals surface area contributed by atoms with E-state index in [1.54, 1.807) is 6.20 Å². The molecule has 0 radical (unpaired) electrons. The molecule has 0 aliphatic carbocycles. The number of nitrogens with one attached hydrogen (secondary N) is 1. The summed E-state index contributed by atoms with van der Waals surface area (Å²) in [6.45, 7) is 3.91.